The van der Waals surface area contributed by atoms with E-state index in [9.17, 15) is 14.7 Å². The zero-order chi connectivity index (χ0) is 18.0. The van der Waals surface area contributed by atoms with Crippen LogP contribution in [0.5, 0.6) is 0 Å². The van der Waals surface area contributed by atoms with Crippen molar-refractivity contribution < 1.29 is 9.90 Å². The van der Waals surface area contributed by atoms with Crippen LogP contribution in [0.15, 0.2) is 4.79 Å². The summed E-state index contributed by atoms with van der Waals surface area (Å²) in [7, 11) is 0. The van der Waals surface area contributed by atoms with E-state index in [0.717, 1.165) is 36.8 Å². The van der Waals surface area contributed by atoms with E-state index in [2.05, 4.69) is 23.7 Å². The molecule has 0 saturated carbocycles. The lowest BCUT2D eigenvalue weighted by Crippen LogP contribution is -2.33. The second kappa shape index (κ2) is 7.44. The molecule has 0 saturated heterocycles. The van der Waals surface area contributed by atoms with Crippen LogP contribution in [-0.2, 0) is 6.54 Å². The Morgan fingerprint density at radius 3 is 2.46 bits per heavy atom. The third-order valence-corrected chi connectivity index (χ3v) is 5.50. The molecule has 0 unspecified atom stereocenters. The molecule has 7 heteroatoms. The van der Waals surface area contributed by atoms with Gasteiger partial charge in [0, 0.05) is 19.0 Å². The van der Waals surface area contributed by atoms with Crippen molar-refractivity contribution in [3.63, 3.8) is 0 Å². The third kappa shape index (κ3) is 3.37. The van der Waals surface area contributed by atoms with Gasteiger partial charge >= 0.3 is 5.97 Å². The van der Waals surface area contributed by atoms with Gasteiger partial charge in [-0.3, -0.25) is 9.36 Å². The van der Waals surface area contributed by atoms with Gasteiger partial charge in [-0.2, -0.15) is 0 Å². The molecule has 6 nitrogen and oxygen atoms in total. The number of carboxylic acid groups (broad SMARTS) is 1. The molecular weight excluding hydrogens is 326 g/mol. The van der Waals surface area contributed by atoms with Crippen LogP contribution in [0.25, 0.3) is 10.2 Å². The maximum atomic E-state index is 13.0. The largest absolute Gasteiger partial charge is 0.477 e. The molecule has 24 heavy (non-hydrogen) atoms. The maximum Gasteiger partial charge on any atom is 0.346 e. The smallest absolute Gasteiger partial charge is 0.346 e. The van der Waals surface area contributed by atoms with E-state index in [1.807, 2.05) is 13.8 Å². The molecule has 0 spiro atoms. The Balaban J connectivity index is 2.61. The molecular formula is C17H25N3O3S. The minimum atomic E-state index is -1.00. The van der Waals surface area contributed by atoms with E-state index in [1.165, 1.54) is 0 Å². The van der Waals surface area contributed by atoms with Crippen molar-refractivity contribution in [3.05, 3.63) is 26.6 Å². The SMILES string of the molecule is CCN(CC)CCn1c(C(C)C)nc2sc(C(=O)O)c(C)c2c1=O. The quantitative estimate of drug-likeness (QED) is 0.830. The van der Waals surface area contributed by atoms with Crippen LogP contribution in [-0.4, -0.2) is 45.2 Å². The maximum absolute atomic E-state index is 13.0. The van der Waals surface area contributed by atoms with Crippen molar-refractivity contribution >= 4 is 27.5 Å². The van der Waals surface area contributed by atoms with Gasteiger partial charge in [0.2, 0.25) is 0 Å². The predicted octanol–water partition coefficient (Wildman–Crippen LogP) is 2.93. The first-order valence-corrected chi connectivity index (χ1v) is 9.12. The molecule has 2 aromatic heterocycles. The van der Waals surface area contributed by atoms with Gasteiger partial charge in [-0.25, -0.2) is 9.78 Å². The summed E-state index contributed by atoms with van der Waals surface area (Å²) in [6.07, 6.45) is 0. The van der Waals surface area contributed by atoms with Crippen molar-refractivity contribution in [1.82, 2.24) is 14.5 Å². The van der Waals surface area contributed by atoms with Gasteiger partial charge in [0.25, 0.3) is 5.56 Å². The van der Waals surface area contributed by atoms with E-state index in [4.69, 9.17) is 0 Å². The van der Waals surface area contributed by atoms with Crippen LogP contribution in [0.2, 0.25) is 0 Å². The number of nitrogens with zero attached hydrogens (tertiary/aromatic N) is 3. The molecule has 0 aromatic carbocycles. The number of carbonyl (C=O) groups is 1. The number of aromatic carboxylic acids is 1. The Kier molecular flexibility index (Phi) is 5.77. The fourth-order valence-electron chi connectivity index (χ4n) is 2.87. The zero-order valence-electron chi connectivity index (χ0n) is 14.9. The normalized spacial score (nSPS) is 11.8. The van der Waals surface area contributed by atoms with Gasteiger partial charge in [-0.05, 0) is 25.6 Å². The number of hydrogen-bond acceptors (Lipinski definition) is 5. The van der Waals surface area contributed by atoms with Crippen molar-refractivity contribution in [2.45, 2.75) is 47.1 Å². The predicted molar refractivity (Wildman–Crippen MR) is 97.5 cm³/mol. The summed E-state index contributed by atoms with van der Waals surface area (Å²) in [4.78, 5) is 32.0. The first-order chi connectivity index (χ1) is 11.3. The Morgan fingerprint density at radius 2 is 1.96 bits per heavy atom. The fraction of sp³-hybridized carbons (Fsp3) is 0.588. The second-order valence-electron chi connectivity index (χ2n) is 6.15. The lowest BCUT2D eigenvalue weighted by molar-refractivity contribution is 0.0701. The lowest BCUT2D eigenvalue weighted by Gasteiger charge is -2.21. The third-order valence-electron chi connectivity index (χ3n) is 4.32. The summed E-state index contributed by atoms with van der Waals surface area (Å²) < 4.78 is 1.72. The van der Waals surface area contributed by atoms with E-state index < -0.39 is 5.97 Å². The van der Waals surface area contributed by atoms with Gasteiger partial charge in [0.1, 0.15) is 15.5 Å². The van der Waals surface area contributed by atoms with Crippen LogP contribution in [0.3, 0.4) is 0 Å². The summed E-state index contributed by atoms with van der Waals surface area (Å²) in [6.45, 7) is 13.1. The molecule has 132 valence electrons. The Hall–Kier alpha value is -1.73. The van der Waals surface area contributed by atoms with Crippen molar-refractivity contribution in [2.75, 3.05) is 19.6 Å². The van der Waals surface area contributed by atoms with Crippen molar-refractivity contribution in [2.24, 2.45) is 0 Å². The number of fused-ring (bicyclic) bond motifs is 1. The molecule has 2 heterocycles. The van der Waals surface area contributed by atoms with Crippen molar-refractivity contribution in [1.29, 1.82) is 0 Å². The standard InChI is InChI=1S/C17H25N3O3S/c1-6-19(7-2)8-9-20-14(10(3)4)18-15-12(16(20)21)11(5)13(24-15)17(22)23/h10H,6-9H2,1-5H3,(H,22,23). The summed E-state index contributed by atoms with van der Waals surface area (Å²) in [5.41, 5.74) is 0.393. The van der Waals surface area contributed by atoms with Gasteiger partial charge in [-0.15, -0.1) is 11.3 Å². The minimum absolute atomic E-state index is 0.0921. The van der Waals surface area contributed by atoms with Crippen LogP contribution in [0.4, 0.5) is 0 Å². The molecule has 2 aromatic rings. The van der Waals surface area contributed by atoms with Crippen LogP contribution in [0.1, 0.15) is 54.7 Å². The summed E-state index contributed by atoms with van der Waals surface area (Å²) in [5, 5.41) is 9.76. The van der Waals surface area contributed by atoms with Gasteiger partial charge < -0.3 is 10.0 Å². The van der Waals surface area contributed by atoms with Gasteiger partial charge in [-0.1, -0.05) is 27.7 Å². The fourth-order valence-corrected chi connectivity index (χ4v) is 3.89. The molecule has 0 fully saturated rings. The molecule has 0 aliphatic carbocycles. The zero-order valence-corrected chi connectivity index (χ0v) is 15.7. The lowest BCUT2D eigenvalue weighted by atomic mass is 10.1. The Labute approximate surface area is 145 Å². The molecule has 1 N–H and O–H groups in total. The Morgan fingerprint density at radius 1 is 1.33 bits per heavy atom. The molecule has 0 bridgehead atoms. The number of hydrogen-bond donors (Lipinski definition) is 1. The number of likely N-dealkylation sites (N-methyl/N-ethyl adjacent to an activating group) is 1. The highest BCUT2D eigenvalue weighted by molar-refractivity contribution is 7.20. The number of rotatable bonds is 7. The number of carboxylic acids is 1. The molecule has 0 aliphatic rings. The van der Waals surface area contributed by atoms with E-state index >= 15 is 0 Å². The number of aromatic nitrogens is 2. The van der Waals surface area contributed by atoms with Gasteiger partial charge in [0.05, 0.1) is 5.39 Å². The topological polar surface area (TPSA) is 75.4 Å². The molecule has 0 radical (unpaired) electrons. The van der Waals surface area contributed by atoms with E-state index in [1.54, 1.807) is 11.5 Å². The highest BCUT2D eigenvalue weighted by Crippen LogP contribution is 2.28. The first kappa shape index (κ1) is 18.6. The summed E-state index contributed by atoms with van der Waals surface area (Å²) in [5.74, 6) is -0.192. The van der Waals surface area contributed by atoms with Crippen molar-refractivity contribution in [3.8, 4) is 0 Å². The Bertz CT molecular complexity index is 803. The van der Waals surface area contributed by atoms with Gasteiger partial charge in [0.15, 0.2) is 0 Å². The average molecular weight is 351 g/mol. The number of thiophene rings is 1. The van der Waals surface area contributed by atoms with E-state index in [-0.39, 0.29) is 16.4 Å². The monoisotopic (exact) mass is 351 g/mol. The number of aryl methyl sites for hydroxylation is 1. The van der Waals surface area contributed by atoms with Crippen LogP contribution in [0, 0.1) is 6.92 Å². The molecule has 0 aliphatic heterocycles. The summed E-state index contributed by atoms with van der Waals surface area (Å²) in [6, 6.07) is 0. The highest BCUT2D eigenvalue weighted by atomic mass is 32.1. The minimum Gasteiger partial charge on any atom is -0.477 e. The summed E-state index contributed by atoms with van der Waals surface area (Å²) >= 11 is 1.09. The van der Waals surface area contributed by atoms with Crippen LogP contribution < -0.4 is 5.56 Å². The first-order valence-electron chi connectivity index (χ1n) is 8.31. The average Bonchev–Trinajstić information content (AvgIpc) is 2.87. The molecule has 0 atom stereocenters. The highest BCUT2D eigenvalue weighted by Gasteiger charge is 2.22. The van der Waals surface area contributed by atoms with Crippen LogP contribution >= 0.6 is 11.3 Å². The molecule has 2 rings (SSSR count). The van der Waals surface area contributed by atoms with E-state index in [0.29, 0.717) is 22.3 Å². The second-order valence-corrected chi connectivity index (χ2v) is 7.15. The molecule has 0 amide bonds.